The quantitative estimate of drug-likeness (QED) is 0.0199. The van der Waals surface area contributed by atoms with E-state index in [-0.39, 0.29) is 66.1 Å². The van der Waals surface area contributed by atoms with Gasteiger partial charge in [0.2, 0.25) is 11.8 Å². The third-order valence-corrected chi connectivity index (χ3v) is 22.7. The molecule has 0 aliphatic carbocycles. The van der Waals surface area contributed by atoms with E-state index < -0.39 is 310 Å². The standard InChI is InChI=1S/C68H120N2O48S2/c1-27(79)69-37-43(85)39(81)29(19-71)105-61(37)117-59-41(83)31(21-73)107-67(53(59)95)115-57-35(25-77)111-65(51(93)47(57)89)113-55-33(23-75)109-63(49(91)45(55)87)103-13-11-99-5-3-97-7-9-101-15-17-119-120-18-16-102-10-8-98-4-6-100-12-14-104-64-50(92)46(88)56(34(24-76)110-64)114-66-52(94)48(90)58(36(26-78)112-66)116-68-54(96)60(42(84)32(22-74)108-68)118-62-38(70-28(2)80)44(86)40(82)30(20-72)106-62/h29-68,71-78,81-96H,3-26H2,1-2H3,(H,69,79)(H,70,80)/t29-,30-,31-,32-,33-,34-,35-,36-,37-,38-,39+,40+,41+,42+,43-,44-,45-,46-,47-,48-,49-,50-,51-,52-,53-,54-,55-,56-,57+,58+,59+,60+,61+,62+,63-,64-,65+,66+,67-,68-/m1/s1. The molecule has 8 aliphatic rings. The number of carbonyl (C=O) groups is 2. The van der Waals surface area contributed by atoms with E-state index in [4.69, 9.17) is 104 Å². The van der Waals surface area contributed by atoms with Gasteiger partial charge >= 0.3 is 0 Å². The molecule has 8 fully saturated rings. The van der Waals surface area contributed by atoms with Crippen molar-refractivity contribution in [3.63, 3.8) is 0 Å². The van der Waals surface area contributed by atoms with Crippen LogP contribution in [0.15, 0.2) is 0 Å². The van der Waals surface area contributed by atoms with Crippen LogP contribution in [-0.4, -0.2) is 537 Å². The van der Waals surface area contributed by atoms with E-state index >= 15 is 0 Å². The van der Waals surface area contributed by atoms with E-state index in [0.29, 0.717) is 37.9 Å². The molecule has 2 amide bonds. The van der Waals surface area contributed by atoms with Gasteiger partial charge in [-0.2, -0.15) is 0 Å². The first-order chi connectivity index (χ1) is 57.5. The van der Waals surface area contributed by atoms with Crippen molar-refractivity contribution in [3.8, 4) is 0 Å². The maximum Gasteiger partial charge on any atom is 0.217 e. The summed E-state index contributed by atoms with van der Waals surface area (Å²) in [5, 5.41) is 262. The van der Waals surface area contributed by atoms with Crippen LogP contribution in [0.3, 0.4) is 0 Å². The van der Waals surface area contributed by atoms with Gasteiger partial charge in [-0.15, -0.1) is 0 Å². The summed E-state index contributed by atoms with van der Waals surface area (Å²) in [5.74, 6) is -0.0512. The van der Waals surface area contributed by atoms with Crippen LogP contribution >= 0.6 is 21.6 Å². The first-order valence-corrected chi connectivity index (χ1v) is 41.4. The maximum absolute atomic E-state index is 12.0. The van der Waals surface area contributed by atoms with Crippen molar-refractivity contribution in [1.29, 1.82) is 0 Å². The molecule has 8 heterocycles. The number of carbonyl (C=O) groups excluding carboxylic acids is 2. The fraction of sp³-hybridized carbons (Fsp3) is 0.971. The molecule has 50 nitrogen and oxygen atoms in total. The Bertz CT molecular complexity index is 2680. The van der Waals surface area contributed by atoms with Crippen LogP contribution in [-0.2, 0) is 114 Å². The molecule has 52 heteroatoms. The average molecular weight is 1800 g/mol. The molecule has 702 valence electrons. The zero-order valence-electron chi connectivity index (χ0n) is 65.4. The van der Waals surface area contributed by atoms with Gasteiger partial charge in [-0.25, -0.2) is 0 Å². The Morgan fingerprint density at radius 3 is 0.733 bits per heavy atom. The second kappa shape index (κ2) is 51.9. The highest BCUT2D eigenvalue weighted by Crippen LogP contribution is 2.38. The lowest BCUT2D eigenvalue weighted by Crippen LogP contribution is -2.69. The number of rotatable bonds is 49. The van der Waals surface area contributed by atoms with Crippen molar-refractivity contribution in [1.82, 2.24) is 10.6 Å². The summed E-state index contributed by atoms with van der Waals surface area (Å²) >= 11 is 0. The molecular weight excluding hydrogens is 1680 g/mol. The van der Waals surface area contributed by atoms with Gasteiger partial charge in [-0.1, -0.05) is 21.6 Å². The fourth-order valence-corrected chi connectivity index (χ4v) is 15.7. The Morgan fingerprint density at radius 1 is 0.242 bits per heavy atom. The van der Waals surface area contributed by atoms with Crippen molar-refractivity contribution in [3.05, 3.63) is 0 Å². The SMILES string of the molecule is CC(=O)N[C@H]1[C@H](O[C@H]2[C@@H](O)[C@@H](CO)O[C@H](O[C@@H]3[C@H](O)[C@@H](O)[C@H](O[C@H]4[C@H](O)[C@@H](O)[C@H](OCCOCCOCCOCCSSCCOCCOCCOCCO[C@@H]5O[C@H](CO)[C@@H](O[C@@H]6O[C@H](CO)[C@H](O[C@H]7O[C@H](CO)[C@H](O)[C@H](O[C@@H]8O[C@H](CO)[C@H](O)[C@H](O)[C@H]8NC(C)=O)[C@H]7O)[C@H](O)[C@H]6O)[C@H](O)[C@H]5O)O[C@@H]4CO)O[C@@H]3CO)[C@@H]2O)O[C@H](CO)[C@H](O)[C@@H]1O. The lowest BCUT2D eigenvalue weighted by Gasteiger charge is -2.49. The summed E-state index contributed by atoms with van der Waals surface area (Å²) in [4.78, 5) is 24.0. The second-order valence-electron chi connectivity index (χ2n) is 28.8. The molecule has 0 aromatic heterocycles. The number of hydrogen-bond donors (Lipinski definition) is 26. The average Bonchev–Trinajstić information content (AvgIpc) is 0.779. The molecule has 0 spiro atoms. The molecule has 8 aliphatic heterocycles. The molecule has 0 aromatic rings. The number of ether oxygens (including phenoxy) is 22. The summed E-state index contributed by atoms with van der Waals surface area (Å²) in [5.41, 5.74) is 0. The smallest absolute Gasteiger partial charge is 0.217 e. The third-order valence-electron chi connectivity index (χ3n) is 20.4. The number of amides is 2. The van der Waals surface area contributed by atoms with Crippen molar-refractivity contribution < 1.29 is 236 Å². The van der Waals surface area contributed by atoms with E-state index in [1.54, 1.807) is 21.6 Å². The summed E-state index contributed by atoms with van der Waals surface area (Å²) in [6.07, 6.45) is -67.8. The molecule has 40 atom stereocenters. The van der Waals surface area contributed by atoms with Gasteiger partial charge in [0.15, 0.2) is 50.3 Å². The van der Waals surface area contributed by atoms with Crippen LogP contribution in [0.2, 0.25) is 0 Å². The molecule has 0 bridgehead atoms. The highest BCUT2D eigenvalue weighted by molar-refractivity contribution is 8.76. The number of aliphatic hydroxyl groups excluding tert-OH is 24. The van der Waals surface area contributed by atoms with E-state index in [2.05, 4.69) is 10.6 Å². The lowest BCUT2D eigenvalue weighted by molar-refractivity contribution is -0.386. The second-order valence-corrected chi connectivity index (χ2v) is 31.5. The summed E-state index contributed by atoms with van der Waals surface area (Å²) in [7, 11) is 3.19. The molecule has 0 saturated carbocycles. The first-order valence-electron chi connectivity index (χ1n) is 38.9. The number of nitrogens with one attached hydrogen (secondary N) is 2. The number of hydrogen-bond acceptors (Lipinski definition) is 50. The predicted octanol–water partition coefficient (Wildman–Crippen LogP) is -16.7. The van der Waals surface area contributed by atoms with Crippen LogP contribution < -0.4 is 10.6 Å². The fourth-order valence-electron chi connectivity index (χ4n) is 14.0. The maximum atomic E-state index is 12.0. The van der Waals surface area contributed by atoms with E-state index in [0.717, 1.165) is 13.8 Å². The van der Waals surface area contributed by atoms with Gasteiger partial charge in [0.25, 0.3) is 0 Å². The van der Waals surface area contributed by atoms with Crippen molar-refractivity contribution in [2.45, 2.75) is 259 Å². The van der Waals surface area contributed by atoms with E-state index in [1.165, 1.54) is 0 Å². The minimum atomic E-state index is -2.09. The van der Waals surface area contributed by atoms with Crippen LogP contribution in [0.5, 0.6) is 0 Å². The zero-order valence-corrected chi connectivity index (χ0v) is 67.0. The first kappa shape index (κ1) is 103. The molecule has 0 unspecified atom stereocenters. The molecule has 0 aromatic carbocycles. The highest BCUT2D eigenvalue weighted by Gasteiger charge is 2.59. The minimum absolute atomic E-state index is 0.0151. The Morgan fingerprint density at radius 2 is 0.458 bits per heavy atom. The van der Waals surface area contributed by atoms with E-state index in [9.17, 15) is 132 Å². The normalized spacial score (nSPS) is 42.7. The minimum Gasteiger partial charge on any atom is -0.394 e. The van der Waals surface area contributed by atoms with Crippen molar-refractivity contribution >= 4 is 33.4 Å². The van der Waals surface area contributed by atoms with Gasteiger partial charge in [0.1, 0.15) is 195 Å². The van der Waals surface area contributed by atoms with Gasteiger partial charge < -0.3 is 237 Å². The molecule has 26 N–H and O–H groups in total. The topological polar surface area (TPSA) is 747 Å². The van der Waals surface area contributed by atoms with Crippen molar-refractivity contribution in [2.75, 3.05) is 157 Å². The summed E-state index contributed by atoms with van der Waals surface area (Å²) in [6.45, 7) is -2.54. The Balaban J connectivity index is 0.612. The zero-order chi connectivity index (χ0) is 87.6. The monoisotopic (exact) mass is 1800 g/mol. The molecule has 0 radical (unpaired) electrons. The van der Waals surface area contributed by atoms with Gasteiger partial charge in [0, 0.05) is 25.4 Å². The molecular formula is C68H120N2O48S2. The van der Waals surface area contributed by atoms with Gasteiger partial charge in [-0.3, -0.25) is 9.59 Å². The van der Waals surface area contributed by atoms with E-state index in [1.807, 2.05) is 0 Å². The Labute approximate surface area is 694 Å². The molecule has 8 saturated heterocycles. The van der Waals surface area contributed by atoms with Gasteiger partial charge in [0.05, 0.1) is 145 Å². The highest BCUT2D eigenvalue weighted by atomic mass is 33.1. The summed E-state index contributed by atoms with van der Waals surface area (Å²) in [6, 6.07) is -3.07. The van der Waals surface area contributed by atoms with Crippen LogP contribution in [0.4, 0.5) is 0 Å². The molecule has 8 rings (SSSR count). The Kier molecular flexibility index (Phi) is 44.6. The number of aliphatic hydroxyl groups is 24. The summed E-state index contributed by atoms with van der Waals surface area (Å²) < 4.78 is 124. The lowest BCUT2D eigenvalue weighted by atomic mass is 9.95. The van der Waals surface area contributed by atoms with Crippen LogP contribution in [0, 0.1) is 0 Å². The van der Waals surface area contributed by atoms with Crippen molar-refractivity contribution in [2.24, 2.45) is 0 Å². The predicted molar refractivity (Wildman–Crippen MR) is 388 cm³/mol. The third kappa shape index (κ3) is 27.7. The van der Waals surface area contributed by atoms with Crippen LogP contribution in [0.1, 0.15) is 13.8 Å². The molecule has 120 heavy (non-hydrogen) atoms. The largest absolute Gasteiger partial charge is 0.394 e. The Hall–Kier alpha value is -2.20. The van der Waals surface area contributed by atoms with Crippen LogP contribution in [0.25, 0.3) is 0 Å². The van der Waals surface area contributed by atoms with Gasteiger partial charge in [-0.05, 0) is 0 Å².